The molecular weight excluding hydrogens is 352 g/mol. The summed E-state index contributed by atoms with van der Waals surface area (Å²) in [5, 5.41) is 5.23. The number of H-pyrrole nitrogens is 1. The first-order chi connectivity index (χ1) is 13.6. The number of ether oxygens (including phenoxy) is 1. The van der Waals surface area contributed by atoms with Gasteiger partial charge in [0, 0.05) is 34.7 Å². The van der Waals surface area contributed by atoms with Crippen molar-refractivity contribution in [2.24, 2.45) is 5.10 Å². The number of amides is 1. The Labute approximate surface area is 163 Å². The van der Waals surface area contributed by atoms with Gasteiger partial charge in [0.1, 0.15) is 11.9 Å². The van der Waals surface area contributed by atoms with Gasteiger partial charge < -0.3 is 15.5 Å². The van der Waals surface area contributed by atoms with Gasteiger partial charge in [-0.15, -0.1) is 0 Å². The monoisotopic (exact) mass is 375 g/mol. The first-order valence-corrected chi connectivity index (χ1v) is 9.30. The molecule has 6 nitrogen and oxygen atoms in total. The molecule has 2 atom stereocenters. The number of carbonyl (C=O) groups excluding carboxylic acids is 1. The lowest BCUT2D eigenvalue weighted by molar-refractivity contribution is -0.403. The van der Waals surface area contributed by atoms with E-state index in [0.29, 0.717) is 6.42 Å². The average Bonchev–Trinajstić information content (AvgIpc) is 3.11. The molecule has 0 radical (unpaired) electrons. The zero-order valence-corrected chi connectivity index (χ0v) is 15.7. The maximum absolute atomic E-state index is 12.4. The van der Waals surface area contributed by atoms with E-state index >= 15 is 0 Å². The summed E-state index contributed by atoms with van der Waals surface area (Å²) < 4.78 is 5.87. The van der Waals surface area contributed by atoms with Crippen LogP contribution in [0.3, 0.4) is 0 Å². The van der Waals surface area contributed by atoms with Crippen molar-refractivity contribution in [2.75, 3.05) is 0 Å². The van der Waals surface area contributed by atoms with Gasteiger partial charge in [0.25, 0.3) is 5.91 Å². The molecule has 4 rings (SSSR count). The predicted molar refractivity (Wildman–Crippen MR) is 110 cm³/mol. The zero-order chi connectivity index (χ0) is 19.5. The normalized spacial score (nSPS) is 17.1. The number of hydrogen-bond donors (Lipinski definition) is 3. The molecule has 3 aromatic rings. The van der Waals surface area contributed by atoms with E-state index in [-0.39, 0.29) is 12.0 Å². The van der Waals surface area contributed by atoms with Crippen molar-refractivity contribution < 1.29 is 15.3 Å². The summed E-state index contributed by atoms with van der Waals surface area (Å²) in [6.07, 6.45) is 6.00. The first-order valence-electron chi connectivity index (χ1n) is 9.30. The Balaban J connectivity index is 1.39. The number of para-hydroxylation sites is 2. The van der Waals surface area contributed by atoms with Crippen molar-refractivity contribution >= 4 is 29.1 Å². The number of carbonyl (C=O) groups is 1. The Kier molecular flexibility index (Phi) is 4.95. The molecule has 142 valence electrons. The lowest BCUT2D eigenvalue weighted by Gasteiger charge is -2.22. The Hall–Kier alpha value is -3.38. The molecule has 1 aliphatic rings. The van der Waals surface area contributed by atoms with E-state index in [4.69, 9.17) is 4.74 Å². The lowest BCUT2D eigenvalue weighted by Crippen LogP contribution is -2.68. The number of aromatic nitrogens is 1. The van der Waals surface area contributed by atoms with E-state index in [0.717, 1.165) is 33.4 Å². The fourth-order valence-electron chi connectivity index (χ4n) is 3.33. The lowest BCUT2D eigenvalue weighted by atomic mass is 10.0. The summed E-state index contributed by atoms with van der Waals surface area (Å²) in [6, 6.07) is 15.4. The molecule has 1 aromatic heterocycles. The van der Waals surface area contributed by atoms with Crippen molar-refractivity contribution in [2.45, 2.75) is 25.5 Å². The van der Waals surface area contributed by atoms with Gasteiger partial charge in [-0.05, 0) is 30.7 Å². The summed E-state index contributed by atoms with van der Waals surface area (Å²) in [6.45, 7) is 1.96. The standard InChI is InChI=1S/C22H22N4O2/c1-14-16(10-15-6-2-5-9-21(15)28-14)13-25-26-22(27)19(23)11-17-12-24-20-8-4-3-7-18(17)20/h2-10,12-14,19,24H,11,23H2,1H3,(H,26,27)/p+1/b25-13-/t14-,19+/m1/s1. The molecule has 6 heteroatoms. The summed E-state index contributed by atoms with van der Waals surface area (Å²) in [4.78, 5) is 15.6. The second-order valence-electron chi connectivity index (χ2n) is 6.94. The molecule has 28 heavy (non-hydrogen) atoms. The number of benzene rings is 2. The Bertz CT molecular complexity index is 1070. The fraction of sp³-hybridized carbons (Fsp3) is 0.182. The van der Waals surface area contributed by atoms with Crippen LogP contribution in [0.5, 0.6) is 5.75 Å². The van der Waals surface area contributed by atoms with Gasteiger partial charge in [-0.3, -0.25) is 4.79 Å². The number of quaternary nitrogens is 1. The van der Waals surface area contributed by atoms with Crippen molar-refractivity contribution in [3.8, 4) is 5.75 Å². The smallest absolute Gasteiger partial charge is 0.298 e. The van der Waals surface area contributed by atoms with Crippen LogP contribution in [0.2, 0.25) is 0 Å². The summed E-state index contributed by atoms with van der Waals surface area (Å²) in [5.74, 6) is 0.639. The predicted octanol–water partition coefficient (Wildman–Crippen LogP) is 2.29. The van der Waals surface area contributed by atoms with Crippen LogP contribution in [0.1, 0.15) is 18.1 Å². The van der Waals surface area contributed by atoms with Gasteiger partial charge in [-0.2, -0.15) is 5.10 Å². The number of nitrogens with zero attached hydrogens (tertiary/aromatic N) is 1. The molecule has 5 N–H and O–H groups in total. The van der Waals surface area contributed by atoms with E-state index in [1.165, 1.54) is 0 Å². The minimum absolute atomic E-state index is 0.127. The van der Waals surface area contributed by atoms with Crippen molar-refractivity contribution in [3.05, 3.63) is 71.4 Å². The molecule has 1 aliphatic heterocycles. The fourth-order valence-corrected chi connectivity index (χ4v) is 3.33. The first kappa shape index (κ1) is 18.0. The van der Waals surface area contributed by atoms with Gasteiger partial charge in [-0.25, -0.2) is 5.43 Å². The molecule has 2 aromatic carbocycles. The van der Waals surface area contributed by atoms with E-state index in [1.807, 2.05) is 67.7 Å². The topological polar surface area (TPSA) is 94.1 Å². The largest absolute Gasteiger partial charge is 0.485 e. The highest BCUT2D eigenvalue weighted by Gasteiger charge is 2.20. The van der Waals surface area contributed by atoms with Crippen LogP contribution in [0, 0.1) is 0 Å². The maximum atomic E-state index is 12.4. The molecule has 0 saturated carbocycles. The van der Waals surface area contributed by atoms with E-state index in [9.17, 15) is 4.79 Å². The number of aromatic amines is 1. The second-order valence-corrected chi connectivity index (χ2v) is 6.94. The second kappa shape index (κ2) is 7.70. The number of hydrazone groups is 1. The van der Waals surface area contributed by atoms with Crippen LogP contribution in [0.15, 0.2) is 65.4 Å². The molecule has 0 spiro atoms. The number of rotatable bonds is 5. The minimum atomic E-state index is -0.439. The molecule has 2 heterocycles. The highest BCUT2D eigenvalue weighted by Crippen LogP contribution is 2.28. The Morgan fingerprint density at radius 2 is 2.07 bits per heavy atom. The average molecular weight is 375 g/mol. The summed E-state index contributed by atoms with van der Waals surface area (Å²) in [7, 11) is 0. The van der Waals surface area contributed by atoms with Gasteiger partial charge in [-0.1, -0.05) is 36.4 Å². The molecule has 0 aliphatic carbocycles. The van der Waals surface area contributed by atoms with Crippen LogP contribution >= 0.6 is 0 Å². The number of fused-ring (bicyclic) bond motifs is 2. The third-order valence-corrected chi connectivity index (χ3v) is 4.91. The van der Waals surface area contributed by atoms with Crippen molar-refractivity contribution in [1.82, 2.24) is 10.4 Å². The van der Waals surface area contributed by atoms with Gasteiger partial charge in [0.15, 0.2) is 6.04 Å². The Morgan fingerprint density at radius 1 is 1.29 bits per heavy atom. The van der Waals surface area contributed by atoms with Crippen molar-refractivity contribution in [3.63, 3.8) is 0 Å². The Morgan fingerprint density at radius 3 is 2.96 bits per heavy atom. The minimum Gasteiger partial charge on any atom is -0.485 e. The van der Waals surface area contributed by atoms with Crippen LogP contribution in [0.4, 0.5) is 0 Å². The van der Waals surface area contributed by atoms with Crippen LogP contribution in [-0.4, -0.2) is 29.3 Å². The zero-order valence-electron chi connectivity index (χ0n) is 15.7. The van der Waals surface area contributed by atoms with Crippen LogP contribution in [-0.2, 0) is 11.2 Å². The van der Waals surface area contributed by atoms with Crippen LogP contribution in [0.25, 0.3) is 17.0 Å². The molecule has 0 fully saturated rings. The third kappa shape index (κ3) is 3.68. The molecule has 0 bridgehead atoms. The number of hydrogen-bond acceptors (Lipinski definition) is 3. The van der Waals surface area contributed by atoms with E-state index < -0.39 is 6.04 Å². The highest BCUT2D eigenvalue weighted by molar-refractivity contribution is 5.90. The van der Waals surface area contributed by atoms with Crippen molar-refractivity contribution in [1.29, 1.82) is 0 Å². The summed E-state index contributed by atoms with van der Waals surface area (Å²) in [5.41, 5.74) is 10.6. The van der Waals surface area contributed by atoms with E-state index in [1.54, 1.807) is 6.21 Å². The highest BCUT2D eigenvalue weighted by atomic mass is 16.5. The van der Waals surface area contributed by atoms with Gasteiger partial charge >= 0.3 is 0 Å². The van der Waals surface area contributed by atoms with Gasteiger partial charge in [0.05, 0.1) is 6.21 Å². The number of nitrogens with one attached hydrogen (secondary N) is 2. The molecular formula is C22H23N4O2+. The molecule has 0 saturated heterocycles. The SMILES string of the molecule is C[C@H]1Oc2ccccc2C=C1/C=N\NC(=O)[C@@H]([NH3+])Cc1c[nH]c2ccccc12. The van der Waals surface area contributed by atoms with Crippen LogP contribution < -0.4 is 15.9 Å². The maximum Gasteiger partial charge on any atom is 0.298 e. The van der Waals surface area contributed by atoms with Gasteiger partial charge in [0.2, 0.25) is 0 Å². The summed E-state index contributed by atoms with van der Waals surface area (Å²) >= 11 is 0. The van der Waals surface area contributed by atoms with E-state index in [2.05, 4.69) is 21.2 Å². The molecule has 1 amide bonds. The molecule has 0 unspecified atom stereocenters. The quantitative estimate of drug-likeness (QED) is 0.471. The third-order valence-electron chi connectivity index (χ3n) is 4.91.